The van der Waals surface area contributed by atoms with Gasteiger partial charge in [0.1, 0.15) is 12.2 Å². The highest BCUT2D eigenvalue weighted by Gasteiger charge is 2.51. The second-order valence-electron chi connectivity index (χ2n) is 14.8. The molecule has 0 aromatic rings. The van der Waals surface area contributed by atoms with Crippen LogP contribution in [0.4, 0.5) is 0 Å². The highest BCUT2D eigenvalue weighted by molar-refractivity contribution is 6.48. The van der Waals surface area contributed by atoms with Gasteiger partial charge in [0.2, 0.25) is 0 Å². The van der Waals surface area contributed by atoms with E-state index in [9.17, 15) is 9.90 Å². The molecule has 1 heterocycles. The number of cyclic esters (lactones) is 1. The lowest BCUT2D eigenvalue weighted by Crippen LogP contribution is -2.55. The standard InChI is InChI=1S/C30H54O5Si2/c1-28(2,3)20-15-19-13-12-14-22(25(19)24(31)16-20)30(7,35-37(10)11)18-21-17-23(29(4,5)6)26(27(32)33-21)34-36(8)9/h12-13,15,20-26,31,36-37H,14,16-18H2,1-11H3/t20-,21-,22+,23+,24+,25+,26?,30+/m1/s1. The molecule has 1 N–H and O–H groups in total. The third kappa shape index (κ3) is 7.27. The number of aliphatic hydroxyl groups is 1. The van der Waals surface area contributed by atoms with E-state index in [2.05, 4.69) is 92.9 Å². The van der Waals surface area contributed by atoms with Gasteiger partial charge in [-0.15, -0.1) is 0 Å². The van der Waals surface area contributed by atoms with E-state index in [0.717, 1.165) is 19.3 Å². The summed E-state index contributed by atoms with van der Waals surface area (Å²) in [5.41, 5.74) is 0.804. The summed E-state index contributed by atoms with van der Waals surface area (Å²) in [5, 5.41) is 11.5. The van der Waals surface area contributed by atoms with Crippen molar-refractivity contribution in [3.8, 4) is 0 Å². The Morgan fingerprint density at radius 3 is 2.16 bits per heavy atom. The fraction of sp³-hybridized carbons (Fsp3) is 0.833. The van der Waals surface area contributed by atoms with Crippen molar-refractivity contribution in [2.75, 3.05) is 0 Å². The molecule has 3 aliphatic rings. The highest BCUT2D eigenvalue weighted by Crippen LogP contribution is 2.50. The lowest BCUT2D eigenvalue weighted by Gasteiger charge is -2.51. The Labute approximate surface area is 229 Å². The first kappa shape index (κ1) is 30.8. The predicted molar refractivity (Wildman–Crippen MR) is 157 cm³/mol. The Balaban J connectivity index is 1.92. The van der Waals surface area contributed by atoms with Crippen LogP contribution in [0, 0.1) is 34.5 Å². The average Bonchev–Trinajstić information content (AvgIpc) is 2.72. The van der Waals surface area contributed by atoms with Crippen molar-refractivity contribution < 1.29 is 23.5 Å². The number of allylic oxidation sites excluding steroid dienone is 3. The molecule has 37 heavy (non-hydrogen) atoms. The SMILES string of the molecule is C[SiH](C)OC1C(=O)O[C@@H](C[C@](C)(O[SiH](C)C)[C@H]2CC=CC3=C[C@@H](C(C)(C)C)C[C@H](O)[C@@H]32)C[C@@H]1C(C)(C)C. The molecule has 0 bridgehead atoms. The smallest absolute Gasteiger partial charge is 0.334 e. The normalized spacial score (nSPS) is 34.7. The van der Waals surface area contributed by atoms with E-state index < -0.39 is 35.9 Å². The lowest BCUT2D eigenvalue weighted by molar-refractivity contribution is -0.181. The van der Waals surface area contributed by atoms with E-state index >= 15 is 0 Å². The zero-order chi connectivity index (χ0) is 27.9. The highest BCUT2D eigenvalue weighted by atomic mass is 28.3. The quantitative estimate of drug-likeness (QED) is 0.310. The molecule has 0 aromatic carbocycles. The third-order valence-corrected chi connectivity index (χ3v) is 10.6. The molecule has 1 saturated heterocycles. The van der Waals surface area contributed by atoms with E-state index in [1.165, 1.54) is 5.57 Å². The van der Waals surface area contributed by atoms with Crippen LogP contribution in [0.2, 0.25) is 26.2 Å². The van der Waals surface area contributed by atoms with Crippen molar-refractivity contribution in [2.45, 2.75) is 124 Å². The van der Waals surface area contributed by atoms with Crippen LogP contribution in [-0.4, -0.2) is 53.1 Å². The summed E-state index contributed by atoms with van der Waals surface area (Å²) in [4.78, 5) is 13.3. The first-order chi connectivity index (χ1) is 16.9. The third-order valence-electron chi connectivity index (χ3n) is 8.79. The van der Waals surface area contributed by atoms with Crippen molar-refractivity contribution in [2.24, 2.45) is 34.5 Å². The van der Waals surface area contributed by atoms with Gasteiger partial charge in [0, 0.05) is 18.3 Å². The summed E-state index contributed by atoms with van der Waals surface area (Å²) in [6.45, 7) is 24.2. The zero-order valence-corrected chi connectivity index (χ0v) is 27.6. The maximum absolute atomic E-state index is 13.3. The number of aliphatic hydroxyl groups excluding tert-OH is 1. The zero-order valence-electron chi connectivity index (χ0n) is 25.3. The van der Waals surface area contributed by atoms with Crippen molar-refractivity contribution in [1.82, 2.24) is 0 Å². The lowest BCUT2D eigenvalue weighted by atomic mass is 9.61. The van der Waals surface area contributed by atoms with E-state index in [1.54, 1.807) is 0 Å². The minimum absolute atomic E-state index is 0.0436. The van der Waals surface area contributed by atoms with Gasteiger partial charge in [0.25, 0.3) is 0 Å². The number of carbonyl (C=O) groups is 1. The van der Waals surface area contributed by atoms with Gasteiger partial charge in [-0.3, -0.25) is 0 Å². The van der Waals surface area contributed by atoms with Crippen LogP contribution in [0.15, 0.2) is 23.8 Å². The molecule has 1 fully saturated rings. The van der Waals surface area contributed by atoms with E-state index in [4.69, 9.17) is 13.6 Å². The molecular formula is C30H54O5Si2. The Bertz CT molecular complexity index is 868. The molecule has 0 aromatic heterocycles. The summed E-state index contributed by atoms with van der Waals surface area (Å²) < 4.78 is 19.2. The van der Waals surface area contributed by atoms with Crippen LogP contribution >= 0.6 is 0 Å². The van der Waals surface area contributed by atoms with Crippen LogP contribution < -0.4 is 0 Å². The molecule has 7 heteroatoms. The number of ether oxygens (including phenoxy) is 1. The van der Waals surface area contributed by atoms with Gasteiger partial charge in [-0.05, 0) is 80.6 Å². The molecule has 0 saturated carbocycles. The Morgan fingerprint density at radius 1 is 0.973 bits per heavy atom. The van der Waals surface area contributed by atoms with E-state index in [1.807, 2.05) is 0 Å². The maximum atomic E-state index is 13.3. The Kier molecular flexibility index (Phi) is 9.49. The van der Waals surface area contributed by atoms with Gasteiger partial charge < -0.3 is 18.7 Å². The summed E-state index contributed by atoms with van der Waals surface area (Å²) >= 11 is 0. The van der Waals surface area contributed by atoms with Crippen molar-refractivity contribution in [3.05, 3.63) is 23.8 Å². The fourth-order valence-electron chi connectivity index (χ4n) is 6.94. The van der Waals surface area contributed by atoms with Gasteiger partial charge in [0.15, 0.2) is 18.1 Å². The number of carbonyl (C=O) groups excluding carboxylic acids is 1. The van der Waals surface area contributed by atoms with Crippen LogP contribution in [0.1, 0.15) is 74.1 Å². The predicted octanol–water partition coefficient (Wildman–Crippen LogP) is 6.03. The van der Waals surface area contributed by atoms with Gasteiger partial charge in [-0.2, -0.15) is 0 Å². The Hall–Kier alpha value is -0.736. The summed E-state index contributed by atoms with van der Waals surface area (Å²) in [7, 11) is -2.83. The van der Waals surface area contributed by atoms with Gasteiger partial charge in [-0.1, -0.05) is 59.8 Å². The molecule has 3 rings (SSSR count). The first-order valence-corrected chi connectivity index (χ1v) is 20.1. The summed E-state index contributed by atoms with van der Waals surface area (Å²) in [5.74, 6) is 0.414. The minimum atomic E-state index is -1.43. The van der Waals surface area contributed by atoms with Crippen molar-refractivity contribution in [1.29, 1.82) is 0 Å². The molecule has 2 aliphatic carbocycles. The van der Waals surface area contributed by atoms with Gasteiger partial charge >= 0.3 is 5.97 Å². The second kappa shape index (κ2) is 11.4. The molecule has 0 radical (unpaired) electrons. The molecule has 0 amide bonds. The van der Waals surface area contributed by atoms with Crippen molar-refractivity contribution in [3.63, 3.8) is 0 Å². The Morgan fingerprint density at radius 2 is 1.62 bits per heavy atom. The average molecular weight is 551 g/mol. The molecule has 1 unspecified atom stereocenters. The summed E-state index contributed by atoms with van der Waals surface area (Å²) in [6.07, 6.45) is 8.87. The van der Waals surface area contributed by atoms with Crippen LogP contribution in [-0.2, 0) is 18.4 Å². The van der Waals surface area contributed by atoms with Crippen LogP contribution in [0.25, 0.3) is 0 Å². The molecule has 212 valence electrons. The minimum Gasteiger partial charge on any atom is -0.460 e. The largest absolute Gasteiger partial charge is 0.460 e. The fourth-order valence-corrected chi connectivity index (χ4v) is 9.18. The molecule has 8 atom stereocenters. The molecular weight excluding hydrogens is 496 g/mol. The second-order valence-corrected chi connectivity index (χ2v) is 19.5. The van der Waals surface area contributed by atoms with Crippen molar-refractivity contribution >= 4 is 24.0 Å². The molecule has 5 nitrogen and oxygen atoms in total. The maximum Gasteiger partial charge on any atom is 0.334 e. The first-order valence-electron chi connectivity index (χ1n) is 14.5. The van der Waals surface area contributed by atoms with Gasteiger partial charge in [-0.25, -0.2) is 4.79 Å². The molecule has 1 aliphatic heterocycles. The van der Waals surface area contributed by atoms with Gasteiger partial charge in [0.05, 0.1) is 11.7 Å². The summed E-state index contributed by atoms with van der Waals surface area (Å²) in [6, 6.07) is 0. The number of hydrogen-bond acceptors (Lipinski definition) is 5. The number of hydrogen-bond donors (Lipinski definition) is 1. The number of fused-ring (bicyclic) bond motifs is 1. The van der Waals surface area contributed by atoms with E-state index in [0.29, 0.717) is 12.3 Å². The molecule has 0 spiro atoms. The number of esters is 1. The van der Waals surface area contributed by atoms with Crippen LogP contribution in [0.3, 0.4) is 0 Å². The van der Waals surface area contributed by atoms with E-state index in [-0.39, 0.29) is 40.7 Å². The number of rotatable bonds is 7. The van der Waals surface area contributed by atoms with Crippen LogP contribution in [0.5, 0.6) is 0 Å². The topological polar surface area (TPSA) is 65.0 Å². The monoisotopic (exact) mass is 550 g/mol.